The molecule has 1 aromatic carbocycles. The molecule has 0 fully saturated rings. The van der Waals surface area contributed by atoms with Crippen molar-refractivity contribution < 1.29 is 9.53 Å². The van der Waals surface area contributed by atoms with Gasteiger partial charge in [0.1, 0.15) is 11.6 Å². The average molecular weight is 274 g/mol. The number of rotatable bonds is 6. The van der Waals surface area contributed by atoms with E-state index in [1.54, 1.807) is 0 Å². The lowest BCUT2D eigenvalue weighted by Gasteiger charge is -2.06. The third-order valence-corrected chi connectivity index (χ3v) is 2.73. The third-order valence-electron chi connectivity index (χ3n) is 2.73. The summed E-state index contributed by atoms with van der Waals surface area (Å²) in [7, 11) is 0. The fraction of sp³-hybridized carbons (Fsp3) is 0.357. The van der Waals surface area contributed by atoms with Gasteiger partial charge in [-0.2, -0.15) is 0 Å². The third kappa shape index (κ3) is 3.57. The summed E-state index contributed by atoms with van der Waals surface area (Å²) in [6.45, 7) is 4.91. The molecule has 1 heterocycles. The number of aromatic amines is 1. The Hall–Kier alpha value is -2.37. The van der Waals surface area contributed by atoms with E-state index in [-0.39, 0.29) is 11.7 Å². The zero-order valence-corrected chi connectivity index (χ0v) is 11.6. The molecule has 1 aromatic heterocycles. The molecule has 6 nitrogen and oxygen atoms in total. The topological polar surface area (TPSA) is 79.9 Å². The number of benzene rings is 1. The van der Waals surface area contributed by atoms with E-state index < -0.39 is 0 Å². The molecule has 0 spiro atoms. The fourth-order valence-electron chi connectivity index (χ4n) is 1.73. The second-order valence-electron chi connectivity index (χ2n) is 4.22. The largest absolute Gasteiger partial charge is 0.494 e. The predicted molar refractivity (Wildman–Crippen MR) is 74.5 cm³/mol. The molecule has 106 valence electrons. The molecule has 2 aromatic rings. The van der Waals surface area contributed by atoms with Crippen molar-refractivity contribution in [1.29, 1.82) is 0 Å². The summed E-state index contributed by atoms with van der Waals surface area (Å²) in [6.07, 6.45) is 0.719. The second kappa shape index (κ2) is 6.70. The lowest BCUT2D eigenvalue weighted by molar-refractivity contribution is 0.0941. The molecule has 2 rings (SSSR count). The Bertz CT molecular complexity index is 580. The minimum Gasteiger partial charge on any atom is -0.494 e. The van der Waals surface area contributed by atoms with Crippen molar-refractivity contribution in [2.24, 2.45) is 0 Å². The first-order chi connectivity index (χ1) is 9.72. The normalized spacial score (nSPS) is 10.3. The smallest absolute Gasteiger partial charge is 0.291 e. The van der Waals surface area contributed by atoms with Crippen molar-refractivity contribution >= 4 is 5.91 Å². The van der Waals surface area contributed by atoms with Crippen LogP contribution in [-0.4, -0.2) is 27.7 Å². The van der Waals surface area contributed by atoms with Crippen LogP contribution in [0, 0.1) is 0 Å². The SMILES string of the molecule is CCOc1cccc(CNC(=O)c2n[nH]c(CC)n2)c1. The minimum absolute atomic E-state index is 0.169. The first-order valence-electron chi connectivity index (χ1n) is 6.64. The van der Waals surface area contributed by atoms with Crippen LogP contribution in [0.5, 0.6) is 5.75 Å². The number of carbonyl (C=O) groups excluding carboxylic acids is 1. The predicted octanol–water partition coefficient (Wildman–Crippen LogP) is 1.70. The molecular weight excluding hydrogens is 256 g/mol. The number of ether oxygens (including phenoxy) is 1. The molecule has 20 heavy (non-hydrogen) atoms. The molecule has 0 radical (unpaired) electrons. The fourth-order valence-corrected chi connectivity index (χ4v) is 1.73. The number of hydrogen-bond donors (Lipinski definition) is 2. The maximum absolute atomic E-state index is 11.9. The van der Waals surface area contributed by atoms with E-state index in [9.17, 15) is 4.79 Å². The molecule has 0 saturated heterocycles. The highest BCUT2D eigenvalue weighted by Crippen LogP contribution is 2.13. The Morgan fingerprint density at radius 3 is 2.95 bits per heavy atom. The molecule has 0 aliphatic heterocycles. The monoisotopic (exact) mass is 274 g/mol. The molecule has 6 heteroatoms. The Labute approximate surface area is 117 Å². The standard InChI is InChI=1S/C14H18N4O2/c1-3-12-16-13(18-17-12)14(19)15-9-10-6-5-7-11(8-10)20-4-2/h5-8H,3-4,9H2,1-2H3,(H,15,19)(H,16,17,18). The Morgan fingerprint density at radius 1 is 1.40 bits per heavy atom. The van der Waals surface area contributed by atoms with Crippen LogP contribution in [0.3, 0.4) is 0 Å². The molecule has 0 aliphatic rings. The van der Waals surface area contributed by atoms with Crippen molar-refractivity contribution in [1.82, 2.24) is 20.5 Å². The minimum atomic E-state index is -0.289. The van der Waals surface area contributed by atoms with Crippen molar-refractivity contribution in [3.63, 3.8) is 0 Å². The van der Waals surface area contributed by atoms with Crippen LogP contribution in [0.25, 0.3) is 0 Å². The van der Waals surface area contributed by atoms with Crippen LogP contribution in [-0.2, 0) is 13.0 Å². The van der Waals surface area contributed by atoms with E-state index in [4.69, 9.17) is 4.74 Å². The lowest BCUT2D eigenvalue weighted by Crippen LogP contribution is -2.24. The molecule has 1 amide bonds. The molecule has 2 N–H and O–H groups in total. The van der Waals surface area contributed by atoms with Crippen molar-refractivity contribution in [2.45, 2.75) is 26.8 Å². The lowest BCUT2D eigenvalue weighted by atomic mass is 10.2. The number of nitrogens with zero attached hydrogens (tertiary/aromatic N) is 2. The summed E-state index contributed by atoms with van der Waals surface area (Å²) in [4.78, 5) is 16.0. The van der Waals surface area contributed by atoms with Crippen molar-refractivity contribution in [2.75, 3.05) is 6.61 Å². The van der Waals surface area contributed by atoms with Crippen LogP contribution in [0.1, 0.15) is 35.9 Å². The van der Waals surface area contributed by atoms with Crippen molar-refractivity contribution in [3.8, 4) is 5.75 Å². The van der Waals surface area contributed by atoms with Crippen molar-refractivity contribution in [3.05, 3.63) is 41.5 Å². The number of amides is 1. The summed E-state index contributed by atoms with van der Waals surface area (Å²) < 4.78 is 5.41. The number of aromatic nitrogens is 3. The molecular formula is C14H18N4O2. The summed E-state index contributed by atoms with van der Waals surface area (Å²) in [5, 5.41) is 9.37. The van der Waals surface area contributed by atoms with Gasteiger partial charge in [-0.15, -0.1) is 5.10 Å². The van der Waals surface area contributed by atoms with Crippen LogP contribution in [0.15, 0.2) is 24.3 Å². The Morgan fingerprint density at radius 2 is 2.25 bits per heavy atom. The highest BCUT2D eigenvalue weighted by Gasteiger charge is 2.11. The average Bonchev–Trinajstić information content (AvgIpc) is 2.94. The van der Waals surface area contributed by atoms with Gasteiger partial charge in [-0.05, 0) is 24.6 Å². The highest BCUT2D eigenvalue weighted by atomic mass is 16.5. The van der Waals surface area contributed by atoms with Gasteiger partial charge in [0, 0.05) is 13.0 Å². The van der Waals surface area contributed by atoms with Gasteiger partial charge >= 0.3 is 0 Å². The summed E-state index contributed by atoms with van der Waals surface area (Å²) in [6, 6.07) is 7.61. The maximum Gasteiger partial charge on any atom is 0.291 e. The van der Waals surface area contributed by atoms with Gasteiger partial charge in [-0.3, -0.25) is 9.89 Å². The number of carbonyl (C=O) groups is 1. The van der Waals surface area contributed by atoms with Gasteiger partial charge in [-0.25, -0.2) is 4.98 Å². The first-order valence-corrected chi connectivity index (χ1v) is 6.64. The van der Waals surface area contributed by atoms with Crippen LogP contribution >= 0.6 is 0 Å². The van der Waals surface area contributed by atoms with Gasteiger partial charge in [0.15, 0.2) is 0 Å². The first kappa shape index (κ1) is 14.0. The maximum atomic E-state index is 11.9. The molecule has 0 atom stereocenters. The van der Waals surface area contributed by atoms with E-state index in [1.165, 1.54) is 0 Å². The van der Waals surface area contributed by atoms with E-state index in [0.29, 0.717) is 19.0 Å². The summed E-state index contributed by atoms with van der Waals surface area (Å²) in [5.41, 5.74) is 0.968. The van der Waals surface area contributed by atoms with E-state index in [2.05, 4.69) is 20.5 Å². The number of aryl methyl sites for hydroxylation is 1. The molecule has 0 unspecified atom stereocenters. The molecule has 0 aliphatic carbocycles. The van der Waals surface area contributed by atoms with Crippen LogP contribution < -0.4 is 10.1 Å². The zero-order valence-electron chi connectivity index (χ0n) is 11.6. The Balaban J connectivity index is 1.94. The Kier molecular flexibility index (Phi) is 4.70. The number of hydrogen-bond acceptors (Lipinski definition) is 4. The highest BCUT2D eigenvalue weighted by molar-refractivity contribution is 5.90. The van der Waals surface area contributed by atoms with Crippen LogP contribution in [0.2, 0.25) is 0 Å². The van der Waals surface area contributed by atoms with Gasteiger partial charge in [-0.1, -0.05) is 19.1 Å². The molecule has 0 bridgehead atoms. The second-order valence-corrected chi connectivity index (χ2v) is 4.22. The summed E-state index contributed by atoms with van der Waals surface area (Å²) in [5.74, 6) is 1.38. The number of H-pyrrole nitrogens is 1. The van der Waals surface area contributed by atoms with Gasteiger partial charge < -0.3 is 10.1 Å². The molecule has 0 saturated carbocycles. The number of nitrogens with one attached hydrogen (secondary N) is 2. The van der Waals surface area contributed by atoms with Gasteiger partial charge in [0.05, 0.1) is 6.61 Å². The summed E-state index contributed by atoms with van der Waals surface area (Å²) >= 11 is 0. The van der Waals surface area contributed by atoms with Crippen LogP contribution in [0.4, 0.5) is 0 Å². The van der Waals surface area contributed by atoms with Gasteiger partial charge in [0.25, 0.3) is 5.91 Å². The quantitative estimate of drug-likeness (QED) is 0.840. The van der Waals surface area contributed by atoms with E-state index in [0.717, 1.165) is 17.7 Å². The van der Waals surface area contributed by atoms with E-state index in [1.807, 2.05) is 38.1 Å². The van der Waals surface area contributed by atoms with E-state index >= 15 is 0 Å². The van der Waals surface area contributed by atoms with Gasteiger partial charge in [0.2, 0.25) is 5.82 Å². The zero-order chi connectivity index (χ0) is 14.4.